The Kier molecular flexibility index (Phi) is 5.55. The van der Waals surface area contributed by atoms with E-state index in [4.69, 9.17) is 14.2 Å². The molecule has 0 aliphatic carbocycles. The summed E-state index contributed by atoms with van der Waals surface area (Å²) >= 11 is 0. The summed E-state index contributed by atoms with van der Waals surface area (Å²) in [5, 5.41) is 0. The summed E-state index contributed by atoms with van der Waals surface area (Å²) in [6.45, 7) is 4.30. The first kappa shape index (κ1) is 17.9. The zero-order valence-corrected chi connectivity index (χ0v) is 13.7. The quantitative estimate of drug-likeness (QED) is 0.743. The van der Waals surface area contributed by atoms with Crippen molar-refractivity contribution in [2.24, 2.45) is 0 Å². The zero-order valence-electron chi connectivity index (χ0n) is 13.7. The lowest BCUT2D eigenvalue weighted by molar-refractivity contribution is -0.153. The van der Waals surface area contributed by atoms with Crippen LogP contribution in [0.5, 0.6) is 0 Å². The first-order chi connectivity index (χ1) is 11.3. The van der Waals surface area contributed by atoms with E-state index in [2.05, 4.69) is 4.98 Å². The summed E-state index contributed by atoms with van der Waals surface area (Å²) in [5.41, 5.74) is -0.715. The molecule has 2 rings (SSSR count). The zero-order chi connectivity index (χ0) is 17.9. The number of carbonyl (C=O) groups is 2. The smallest absolute Gasteiger partial charge is 0.330 e. The monoisotopic (exact) mass is 340 g/mol. The minimum absolute atomic E-state index is 0.0116. The Hall–Kier alpha value is -2.42. The van der Waals surface area contributed by atoms with Gasteiger partial charge < -0.3 is 14.2 Å². The number of nitrogens with one attached hydrogen (secondary N) is 1. The number of esters is 2. The van der Waals surface area contributed by atoms with Crippen LogP contribution in [0.2, 0.25) is 0 Å². The van der Waals surface area contributed by atoms with Gasteiger partial charge in [-0.2, -0.15) is 0 Å². The molecular weight excluding hydrogens is 320 g/mol. The predicted octanol–water partition coefficient (Wildman–Crippen LogP) is -0.119. The fraction of sp³-hybridized carbons (Fsp3) is 0.600. The fourth-order valence-corrected chi connectivity index (χ4v) is 2.57. The van der Waals surface area contributed by atoms with Gasteiger partial charge in [-0.1, -0.05) is 6.92 Å². The first-order valence-electron chi connectivity index (χ1n) is 7.62. The Morgan fingerprint density at radius 2 is 2.04 bits per heavy atom. The van der Waals surface area contributed by atoms with E-state index >= 15 is 0 Å². The normalized spacial score (nSPS) is 23.0. The Bertz CT molecular complexity index is 736. The van der Waals surface area contributed by atoms with E-state index in [1.807, 2.05) is 0 Å². The number of H-pyrrole nitrogens is 1. The summed E-state index contributed by atoms with van der Waals surface area (Å²) in [5.74, 6) is -0.976. The molecule has 1 aliphatic heterocycles. The summed E-state index contributed by atoms with van der Waals surface area (Å²) in [6, 6.07) is 0. The van der Waals surface area contributed by atoms with E-state index in [1.54, 1.807) is 6.92 Å². The highest BCUT2D eigenvalue weighted by molar-refractivity contribution is 5.66. The molecule has 1 N–H and O–H groups in total. The molecule has 1 saturated heterocycles. The summed E-state index contributed by atoms with van der Waals surface area (Å²) < 4.78 is 17.0. The molecule has 0 bridgehead atoms. The Morgan fingerprint density at radius 1 is 1.33 bits per heavy atom. The van der Waals surface area contributed by atoms with Crippen molar-refractivity contribution in [3.8, 4) is 0 Å². The Morgan fingerprint density at radius 3 is 2.62 bits per heavy atom. The van der Waals surface area contributed by atoms with Crippen LogP contribution in [0.4, 0.5) is 0 Å². The average molecular weight is 340 g/mol. The molecule has 24 heavy (non-hydrogen) atoms. The predicted molar refractivity (Wildman–Crippen MR) is 81.4 cm³/mol. The summed E-state index contributed by atoms with van der Waals surface area (Å²) in [6.07, 6.45) is -0.0499. The van der Waals surface area contributed by atoms with Crippen LogP contribution in [-0.2, 0) is 30.2 Å². The third-order valence-corrected chi connectivity index (χ3v) is 3.63. The van der Waals surface area contributed by atoms with Gasteiger partial charge in [0.1, 0.15) is 12.7 Å². The van der Waals surface area contributed by atoms with Gasteiger partial charge in [0, 0.05) is 32.0 Å². The van der Waals surface area contributed by atoms with Crippen LogP contribution in [0.25, 0.3) is 0 Å². The number of hydrogen-bond donors (Lipinski definition) is 1. The second kappa shape index (κ2) is 7.43. The molecule has 0 saturated carbocycles. The van der Waals surface area contributed by atoms with Crippen molar-refractivity contribution in [3.63, 3.8) is 0 Å². The molecule has 0 amide bonds. The van der Waals surface area contributed by atoms with E-state index in [0.29, 0.717) is 12.0 Å². The van der Waals surface area contributed by atoms with Crippen molar-refractivity contribution in [1.82, 2.24) is 9.55 Å². The molecule has 3 atom stereocenters. The topological polar surface area (TPSA) is 117 Å². The molecule has 132 valence electrons. The summed E-state index contributed by atoms with van der Waals surface area (Å²) in [7, 11) is 0. The third kappa shape index (κ3) is 4.10. The highest BCUT2D eigenvalue weighted by Gasteiger charge is 2.40. The van der Waals surface area contributed by atoms with Crippen LogP contribution >= 0.6 is 0 Å². The van der Waals surface area contributed by atoms with Gasteiger partial charge in [0.05, 0.1) is 6.10 Å². The van der Waals surface area contributed by atoms with E-state index in [9.17, 15) is 19.2 Å². The molecule has 1 aromatic heterocycles. The van der Waals surface area contributed by atoms with Gasteiger partial charge in [-0.15, -0.1) is 0 Å². The number of carbonyl (C=O) groups excluding carboxylic acids is 2. The lowest BCUT2D eigenvalue weighted by Crippen LogP contribution is -2.37. The van der Waals surface area contributed by atoms with Crippen LogP contribution in [0.3, 0.4) is 0 Å². The second-order valence-electron chi connectivity index (χ2n) is 5.51. The molecular formula is C15H20N2O7. The molecule has 1 aliphatic rings. The van der Waals surface area contributed by atoms with Crippen molar-refractivity contribution in [2.45, 2.75) is 52.0 Å². The Balaban J connectivity index is 2.30. The second-order valence-corrected chi connectivity index (χ2v) is 5.51. The van der Waals surface area contributed by atoms with Gasteiger partial charge in [0.15, 0.2) is 6.23 Å². The standard InChI is InChI=1S/C15H20N2O7/c1-4-10-6-17(15(21)16-13(10)20)14-12(23-9(3)19)5-11(24-14)7-22-8(2)18/h6,11-12,14H,4-5,7H2,1-3H3,(H,16,20,21)/t11-,12-,14-/m1/s1. The van der Waals surface area contributed by atoms with Crippen molar-refractivity contribution in [1.29, 1.82) is 0 Å². The summed E-state index contributed by atoms with van der Waals surface area (Å²) in [4.78, 5) is 48.2. The van der Waals surface area contributed by atoms with Gasteiger partial charge >= 0.3 is 17.6 Å². The number of aromatic nitrogens is 2. The minimum atomic E-state index is -0.899. The number of aromatic amines is 1. The van der Waals surface area contributed by atoms with Crippen LogP contribution in [0.15, 0.2) is 15.8 Å². The molecule has 1 fully saturated rings. The van der Waals surface area contributed by atoms with Gasteiger partial charge in [-0.05, 0) is 6.42 Å². The van der Waals surface area contributed by atoms with Gasteiger partial charge in [-0.3, -0.25) is 23.9 Å². The molecule has 9 nitrogen and oxygen atoms in total. The number of hydrogen-bond acceptors (Lipinski definition) is 7. The van der Waals surface area contributed by atoms with Gasteiger partial charge in [0.2, 0.25) is 0 Å². The van der Waals surface area contributed by atoms with Crippen molar-refractivity contribution < 1.29 is 23.8 Å². The maximum absolute atomic E-state index is 12.1. The van der Waals surface area contributed by atoms with Crippen molar-refractivity contribution in [3.05, 3.63) is 32.6 Å². The van der Waals surface area contributed by atoms with E-state index in [-0.39, 0.29) is 13.0 Å². The molecule has 1 aromatic rings. The van der Waals surface area contributed by atoms with E-state index in [0.717, 1.165) is 0 Å². The fourth-order valence-electron chi connectivity index (χ4n) is 2.57. The van der Waals surface area contributed by atoms with Gasteiger partial charge in [0.25, 0.3) is 5.56 Å². The molecule has 9 heteroatoms. The minimum Gasteiger partial charge on any atom is -0.463 e. The maximum Gasteiger partial charge on any atom is 0.330 e. The lowest BCUT2D eigenvalue weighted by atomic mass is 10.2. The molecule has 0 unspecified atom stereocenters. The third-order valence-electron chi connectivity index (χ3n) is 3.63. The average Bonchev–Trinajstić information content (AvgIpc) is 2.87. The SMILES string of the molecule is CCc1cn([C@@H]2O[C@@H](COC(C)=O)C[C@H]2OC(C)=O)c(=O)[nH]c1=O. The van der Waals surface area contributed by atoms with Gasteiger partial charge in [-0.25, -0.2) is 4.79 Å². The van der Waals surface area contributed by atoms with Crippen molar-refractivity contribution in [2.75, 3.05) is 6.61 Å². The van der Waals surface area contributed by atoms with Crippen LogP contribution < -0.4 is 11.2 Å². The van der Waals surface area contributed by atoms with Crippen molar-refractivity contribution >= 4 is 11.9 Å². The van der Waals surface area contributed by atoms with E-state index < -0.39 is 41.6 Å². The lowest BCUT2D eigenvalue weighted by Gasteiger charge is -2.20. The number of ether oxygens (including phenoxy) is 3. The van der Waals surface area contributed by atoms with Crippen LogP contribution in [0.1, 0.15) is 39.0 Å². The molecule has 0 radical (unpaired) electrons. The molecule has 2 heterocycles. The molecule has 0 aromatic carbocycles. The number of aryl methyl sites for hydroxylation is 1. The van der Waals surface area contributed by atoms with Crippen LogP contribution in [0, 0.1) is 0 Å². The van der Waals surface area contributed by atoms with Crippen LogP contribution in [-0.4, -0.2) is 40.3 Å². The number of rotatable bonds is 5. The highest BCUT2D eigenvalue weighted by atomic mass is 16.6. The van der Waals surface area contributed by atoms with E-state index in [1.165, 1.54) is 24.6 Å². The molecule has 0 spiro atoms. The maximum atomic E-state index is 12.1. The highest BCUT2D eigenvalue weighted by Crippen LogP contribution is 2.30. The Labute approximate surface area is 137 Å². The largest absolute Gasteiger partial charge is 0.463 e. The first-order valence-corrected chi connectivity index (χ1v) is 7.62. The number of nitrogens with zero attached hydrogens (tertiary/aromatic N) is 1.